The standard InChI is InChI=1S/C25H22N2O3/c1-30-21-12-6-5-11-19(21)24(27-22(28)16-17-8-3-2-4-9-17)20-14-13-18-10-7-15-26-23(18)25(20)29/h2-15,24,29H,16H2,1H3,(H,27,28)/t24-/m1/s1. The van der Waals surface area contributed by atoms with Crippen LogP contribution in [0.4, 0.5) is 0 Å². The summed E-state index contributed by atoms with van der Waals surface area (Å²) in [6, 6.07) is 23.8. The Labute approximate surface area is 175 Å². The van der Waals surface area contributed by atoms with Gasteiger partial charge in [-0.15, -0.1) is 0 Å². The number of carbonyl (C=O) groups excluding carboxylic acids is 1. The second-order valence-corrected chi connectivity index (χ2v) is 6.98. The van der Waals surface area contributed by atoms with Crippen molar-refractivity contribution < 1.29 is 14.6 Å². The smallest absolute Gasteiger partial charge is 0.225 e. The second-order valence-electron chi connectivity index (χ2n) is 6.98. The predicted octanol–water partition coefficient (Wildman–Crippen LogP) is 4.40. The normalized spacial score (nSPS) is 11.8. The number of nitrogens with zero attached hydrogens (tertiary/aromatic N) is 1. The predicted molar refractivity (Wildman–Crippen MR) is 117 cm³/mol. The summed E-state index contributed by atoms with van der Waals surface area (Å²) in [5.41, 5.74) is 2.73. The summed E-state index contributed by atoms with van der Waals surface area (Å²) in [5, 5.41) is 14.9. The zero-order valence-corrected chi connectivity index (χ0v) is 16.6. The van der Waals surface area contributed by atoms with E-state index in [0.29, 0.717) is 16.8 Å². The Morgan fingerprint density at radius 1 is 0.967 bits per heavy atom. The molecule has 0 fully saturated rings. The third-order valence-corrected chi connectivity index (χ3v) is 5.05. The summed E-state index contributed by atoms with van der Waals surface area (Å²) < 4.78 is 5.53. The maximum Gasteiger partial charge on any atom is 0.225 e. The first-order valence-electron chi connectivity index (χ1n) is 9.70. The number of aromatic nitrogens is 1. The van der Waals surface area contributed by atoms with E-state index in [2.05, 4.69) is 10.3 Å². The molecule has 150 valence electrons. The number of nitrogens with one attached hydrogen (secondary N) is 1. The highest BCUT2D eigenvalue weighted by Crippen LogP contribution is 2.37. The number of para-hydroxylation sites is 1. The zero-order chi connectivity index (χ0) is 20.9. The maximum atomic E-state index is 12.9. The minimum Gasteiger partial charge on any atom is -0.505 e. The van der Waals surface area contributed by atoms with Gasteiger partial charge >= 0.3 is 0 Å². The Kier molecular flexibility index (Phi) is 5.61. The first-order valence-corrected chi connectivity index (χ1v) is 9.70. The summed E-state index contributed by atoms with van der Waals surface area (Å²) in [5.74, 6) is 0.518. The molecule has 0 aliphatic carbocycles. The molecule has 1 atom stereocenters. The van der Waals surface area contributed by atoms with Crippen molar-refractivity contribution in [2.45, 2.75) is 12.5 Å². The molecule has 1 heterocycles. The van der Waals surface area contributed by atoms with Gasteiger partial charge in [-0.2, -0.15) is 0 Å². The summed E-state index contributed by atoms with van der Waals surface area (Å²) in [4.78, 5) is 17.2. The lowest BCUT2D eigenvalue weighted by atomic mass is 9.95. The molecule has 5 heteroatoms. The van der Waals surface area contributed by atoms with Crippen LogP contribution in [-0.2, 0) is 11.2 Å². The van der Waals surface area contributed by atoms with Crippen LogP contribution < -0.4 is 10.1 Å². The number of ether oxygens (including phenoxy) is 1. The monoisotopic (exact) mass is 398 g/mol. The number of methoxy groups -OCH3 is 1. The van der Waals surface area contributed by atoms with Crippen LogP contribution >= 0.6 is 0 Å². The first-order chi connectivity index (χ1) is 14.7. The number of hydrogen-bond donors (Lipinski definition) is 2. The number of rotatable bonds is 6. The van der Waals surface area contributed by atoms with E-state index < -0.39 is 6.04 Å². The fraction of sp³-hybridized carbons (Fsp3) is 0.120. The number of phenols is 1. The van der Waals surface area contributed by atoms with E-state index >= 15 is 0 Å². The average molecular weight is 398 g/mol. The lowest BCUT2D eigenvalue weighted by Crippen LogP contribution is -2.31. The van der Waals surface area contributed by atoms with Crippen molar-refractivity contribution in [1.82, 2.24) is 10.3 Å². The maximum absolute atomic E-state index is 12.9. The molecular weight excluding hydrogens is 376 g/mol. The van der Waals surface area contributed by atoms with Gasteiger partial charge in [0.1, 0.15) is 17.0 Å². The molecule has 1 amide bonds. The van der Waals surface area contributed by atoms with Crippen molar-refractivity contribution in [3.8, 4) is 11.5 Å². The second kappa shape index (κ2) is 8.66. The van der Waals surface area contributed by atoms with Crippen LogP contribution in [0.3, 0.4) is 0 Å². The number of phenolic OH excluding ortho intramolecular Hbond substituents is 1. The van der Waals surface area contributed by atoms with Gasteiger partial charge in [0.25, 0.3) is 0 Å². The quantitative estimate of drug-likeness (QED) is 0.505. The van der Waals surface area contributed by atoms with E-state index in [1.807, 2.05) is 78.9 Å². The lowest BCUT2D eigenvalue weighted by Gasteiger charge is -2.23. The molecule has 30 heavy (non-hydrogen) atoms. The number of aromatic hydroxyl groups is 1. The molecule has 0 aliphatic heterocycles. The molecule has 3 aromatic carbocycles. The number of fused-ring (bicyclic) bond motifs is 1. The molecule has 0 saturated heterocycles. The molecule has 0 bridgehead atoms. The van der Waals surface area contributed by atoms with Gasteiger partial charge in [0.05, 0.1) is 19.6 Å². The number of carbonyl (C=O) groups is 1. The van der Waals surface area contributed by atoms with Crippen LogP contribution in [0.5, 0.6) is 11.5 Å². The zero-order valence-electron chi connectivity index (χ0n) is 16.6. The number of amides is 1. The van der Waals surface area contributed by atoms with Gasteiger partial charge in [0.15, 0.2) is 0 Å². The molecule has 4 rings (SSSR count). The van der Waals surface area contributed by atoms with Gasteiger partial charge in [0, 0.05) is 22.7 Å². The van der Waals surface area contributed by atoms with Crippen molar-refractivity contribution in [2.24, 2.45) is 0 Å². The average Bonchev–Trinajstić information content (AvgIpc) is 2.79. The van der Waals surface area contributed by atoms with Crippen LogP contribution in [0.1, 0.15) is 22.7 Å². The highest BCUT2D eigenvalue weighted by Gasteiger charge is 2.24. The minimum atomic E-state index is -0.594. The molecule has 1 aromatic heterocycles. The van der Waals surface area contributed by atoms with E-state index in [4.69, 9.17) is 4.74 Å². The number of hydrogen-bond acceptors (Lipinski definition) is 4. The third kappa shape index (κ3) is 3.96. The summed E-state index contributed by atoms with van der Waals surface area (Å²) >= 11 is 0. The Morgan fingerprint density at radius 3 is 2.53 bits per heavy atom. The van der Waals surface area contributed by atoms with Gasteiger partial charge < -0.3 is 15.2 Å². The lowest BCUT2D eigenvalue weighted by molar-refractivity contribution is -0.120. The van der Waals surface area contributed by atoms with Gasteiger partial charge in [-0.3, -0.25) is 9.78 Å². The highest BCUT2D eigenvalue weighted by atomic mass is 16.5. The topological polar surface area (TPSA) is 71.5 Å². The minimum absolute atomic E-state index is 0.0454. The van der Waals surface area contributed by atoms with Gasteiger partial charge in [-0.25, -0.2) is 0 Å². The SMILES string of the molecule is COc1ccccc1[C@@H](NC(=O)Cc1ccccc1)c1ccc2cccnc2c1O. The van der Waals surface area contributed by atoms with Crippen molar-refractivity contribution in [3.05, 3.63) is 102 Å². The number of pyridine rings is 1. The molecule has 0 unspecified atom stereocenters. The van der Waals surface area contributed by atoms with Crippen molar-refractivity contribution in [2.75, 3.05) is 7.11 Å². The van der Waals surface area contributed by atoms with E-state index in [0.717, 1.165) is 16.5 Å². The van der Waals surface area contributed by atoms with Crippen LogP contribution in [0.25, 0.3) is 10.9 Å². The highest BCUT2D eigenvalue weighted by molar-refractivity contribution is 5.86. The van der Waals surface area contributed by atoms with Crippen LogP contribution in [0, 0.1) is 0 Å². The largest absolute Gasteiger partial charge is 0.505 e. The van der Waals surface area contributed by atoms with Gasteiger partial charge in [-0.05, 0) is 17.7 Å². The third-order valence-electron chi connectivity index (χ3n) is 5.05. The van der Waals surface area contributed by atoms with Crippen molar-refractivity contribution in [1.29, 1.82) is 0 Å². The molecule has 0 aliphatic rings. The Morgan fingerprint density at radius 2 is 1.73 bits per heavy atom. The van der Waals surface area contributed by atoms with E-state index in [1.165, 1.54) is 0 Å². The van der Waals surface area contributed by atoms with Crippen LogP contribution in [0.2, 0.25) is 0 Å². The first kappa shape index (κ1) is 19.5. The molecule has 0 radical (unpaired) electrons. The molecule has 5 nitrogen and oxygen atoms in total. The van der Waals surface area contributed by atoms with E-state index in [-0.39, 0.29) is 18.1 Å². The van der Waals surface area contributed by atoms with Gasteiger partial charge in [-0.1, -0.05) is 66.7 Å². The molecule has 0 spiro atoms. The molecule has 2 N–H and O–H groups in total. The Hall–Kier alpha value is -3.86. The molecular formula is C25H22N2O3. The molecule has 0 saturated carbocycles. The van der Waals surface area contributed by atoms with Gasteiger partial charge in [0.2, 0.25) is 5.91 Å². The Bertz CT molecular complexity index is 1180. The van der Waals surface area contributed by atoms with Crippen LogP contribution in [0.15, 0.2) is 85.1 Å². The fourth-order valence-corrected chi connectivity index (χ4v) is 3.60. The van der Waals surface area contributed by atoms with Crippen LogP contribution in [-0.4, -0.2) is 23.1 Å². The van der Waals surface area contributed by atoms with E-state index in [9.17, 15) is 9.90 Å². The van der Waals surface area contributed by atoms with Crippen molar-refractivity contribution in [3.63, 3.8) is 0 Å². The summed E-state index contributed by atoms with van der Waals surface area (Å²) in [7, 11) is 1.59. The summed E-state index contributed by atoms with van der Waals surface area (Å²) in [6.07, 6.45) is 1.87. The van der Waals surface area contributed by atoms with E-state index in [1.54, 1.807) is 13.3 Å². The number of benzene rings is 3. The fourth-order valence-electron chi connectivity index (χ4n) is 3.60. The summed E-state index contributed by atoms with van der Waals surface area (Å²) in [6.45, 7) is 0. The Balaban J connectivity index is 1.76. The molecule has 4 aromatic rings. The van der Waals surface area contributed by atoms with Crippen molar-refractivity contribution >= 4 is 16.8 Å².